The molecule has 5 heteroatoms. The Balaban J connectivity index is 1.83. The highest BCUT2D eigenvalue weighted by atomic mass is 35.5. The van der Waals surface area contributed by atoms with Gasteiger partial charge in [0.1, 0.15) is 12.6 Å². The molecular formula is C27H25ClN2O2. The normalized spacial score (nSPS) is 17.1. The first-order valence-corrected chi connectivity index (χ1v) is 10.9. The minimum absolute atomic E-state index is 0.0116. The lowest BCUT2D eigenvalue weighted by Gasteiger charge is -2.41. The lowest BCUT2D eigenvalue weighted by Crippen LogP contribution is -2.61. The molecule has 162 valence electrons. The van der Waals surface area contributed by atoms with Crippen LogP contribution >= 0.6 is 11.6 Å². The molecule has 1 atom stereocenters. The van der Waals surface area contributed by atoms with E-state index in [0.29, 0.717) is 10.7 Å². The summed E-state index contributed by atoms with van der Waals surface area (Å²) in [4.78, 5) is 30.6. The molecule has 32 heavy (non-hydrogen) atoms. The average Bonchev–Trinajstić information content (AvgIpc) is 2.77. The van der Waals surface area contributed by atoms with E-state index in [1.165, 1.54) is 0 Å². The molecule has 0 aliphatic carbocycles. The second-order valence-electron chi connectivity index (χ2n) is 8.11. The van der Waals surface area contributed by atoms with Gasteiger partial charge in [-0.05, 0) is 67.3 Å². The molecule has 3 aromatic carbocycles. The molecule has 0 aromatic heterocycles. The van der Waals surface area contributed by atoms with Crippen LogP contribution in [0.3, 0.4) is 0 Å². The maximum atomic E-state index is 13.9. The van der Waals surface area contributed by atoms with E-state index in [1.807, 2.05) is 75.4 Å². The number of para-hydroxylation sites is 1. The van der Waals surface area contributed by atoms with Crippen molar-refractivity contribution in [2.75, 3.05) is 16.3 Å². The highest BCUT2D eigenvalue weighted by Gasteiger charge is 2.42. The topological polar surface area (TPSA) is 40.6 Å². The molecule has 1 heterocycles. The third-order valence-corrected chi connectivity index (χ3v) is 6.01. The van der Waals surface area contributed by atoms with Crippen molar-refractivity contribution in [3.8, 4) is 0 Å². The fourth-order valence-corrected chi connectivity index (χ4v) is 4.42. The summed E-state index contributed by atoms with van der Waals surface area (Å²) in [5.74, 6) is -0.262. The van der Waals surface area contributed by atoms with Crippen LogP contribution in [0.25, 0.3) is 6.08 Å². The van der Waals surface area contributed by atoms with Gasteiger partial charge in [0.25, 0.3) is 5.91 Å². The van der Waals surface area contributed by atoms with E-state index in [2.05, 4.69) is 0 Å². The Hall–Kier alpha value is -3.37. The Morgan fingerprint density at radius 2 is 1.53 bits per heavy atom. The van der Waals surface area contributed by atoms with Gasteiger partial charge in [-0.3, -0.25) is 14.5 Å². The Morgan fingerprint density at radius 1 is 0.906 bits per heavy atom. The summed E-state index contributed by atoms with van der Waals surface area (Å²) in [6, 6.07) is 22.0. The van der Waals surface area contributed by atoms with Gasteiger partial charge in [0.2, 0.25) is 5.91 Å². The smallest absolute Gasteiger partial charge is 0.254 e. The molecule has 1 fully saturated rings. The fourth-order valence-electron chi connectivity index (χ4n) is 4.30. The van der Waals surface area contributed by atoms with Crippen molar-refractivity contribution in [3.63, 3.8) is 0 Å². The van der Waals surface area contributed by atoms with Crippen LogP contribution < -0.4 is 9.80 Å². The van der Waals surface area contributed by atoms with Gasteiger partial charge in [-0.15, -0.1) is 0 Å². The first-order chi connectivity index (χ1) is 15.4. The molecule has 1 aliphatic heterocycles. The summed E-state index contributed by atoms with van der Waals surface area (Å²) in [5.41, 5.74) is 5.16. The van der Waals surface area contributed by atoms with E-state index >= 15 is 0 Å². The third kappa shape index (κ3) is 4.19. The lowest BCUT2D eigenvalue weighted by molar-refractivity contribution is -0.127. The van der Waals surface area contributed by atoms with Crippen molar-refractivity contribution in [1.82, 2.24) is 0 Å². The van der Waals surface area contributed by atoms with Gasteiger partial charge < -0.3 is 4.90 Å². The van der Waals surface area contributed by atoms with Crippen LogP contribution in [0.1, 0.15) is 23.6 Å². The van der Waals surface area contributed by atoms with E-state index in [1.54, 1.807) is 34.1 Å². The molecule has 2 amide bonds. The number of piperazine rings is 1. The van der Waals surface area contributed by atoms with Crippen LogP contribution in [0.15, 0.2) is 78.4 Å². The van der Waals surface area contributed by atoms with Gasteiger partial charge in [-0.1, -0.05) is 66.2 Å². The van der Waals surface area contributed by atoms with Crippen LogP contribution in [0.2, 0.25) is 5.02 Å². The minimum atomic E-state index is -0.753. The number of hydrogen-bond acceptors (Lipinski definition) is 2. The monoisotopic (exact) mass is 444 g/mol. The molecule has 3 aromatic rings. The molecule has 0 radical (unpaired) electrons. The number of benzene rings is 3. The second kappa shape index (κ2) is 9.01. The van der Waals surface area contributed by atoms with Gasteiger partial charge in [-0.2, -0.15) is 0 Å². The van der Waals surface area contributed by atoms with Gasteiger partial charge in [0, 0.05) is 10.7 Å². The number of aryl methyl sites for hydroxylation is 2. The fraction of sp³-hybridized carbons (Fsp3) is 0.185. The minimum Gasteiger partial charge on any atom is -0.300 e. The zero-order valence-corrected chi connectivity index (χ0v) is 19.1. The van der Waals surface area contributed by atoms with Crippen LogP contribution in [0.5, 0.6) is 0 Å². The molecule has 0 spiro atoms. The number of halogens is 1. The van der Waals surface area contributed by atoms with E-state index < -0.39 is 6.04 Å². The molecule has 0 N–H and O–H groups in total. The number of nitrogens with zero attached hydrogens (tertiary/aromatic N) is 2. The summed E-state index contributed by atoms with van der Waals surface area (Å²) in [7, 11) is 0. The summed E-state index contributed by atoms with van der Waals surface area (Å²) in [6.45, 7) is 5.82. The first-order valence-electron chi connectivity index (χ1n) is 10.6. The van der Waals surface area contributed by atoms with Crippen molar-refractivity contribution in [1.29, 1.82) is 0 Å². The number of carbonyl (C=O) groups is 2. The maximum Gasteiger partial charge on any atom is 0.254 e. The largest absolute Gasteiger partial charge is 0.300 e. The van der Waals surface area contributed by atoms with Gasteiger partial charge in [0.15, 0.2) is 0 Å². The molecule has 4 nitrogen and oxygen atoms in total. The Labute approximate surface area is 193 Å². The number of carbonyl (C=O) groups excluding carboxylic acids is 2. The molecule has 1 aliphatic rings. The zero-order chi connectivity index (χ0) is 22.8. The number of hydrogen-bond donors (Lipinski definition) is 0. The van der Waals surface area contributed by atoms with Crippen molar-refractivity contribution in [2.45, 2.75) is 26.8 Å². The standard InChI is InChI=1S/C27H25ClN2O2/c1-18-8-7-9-19(2)25(18)29-17-24(31)30(23-14-12-22(28)13-15-23)26(27(29)32)20(3)16-21-10-5-4-6-11-21/h4-16,26H,17H2,1-3H3/b20-16+. The van der Waals surface area contributed by atoms with E-state index in [0.717, 1.165) is 28.0 Å². The van der Waals surface area contributed by atoms with E-state index in [4.69, 9.17) is 11.6 Å². The third-order valence-electron chi connectivity index (χ3n) is 5.76. The summed E-state index contributed by atoms with van der Waals surface area (Å²) in [5, 5.41) is 0.579. The quantitative estimate of drug-likeness (QED) is 0.509. The SMILES string of the molecule is C/C(=C\c1ccccc1)C1C(=O)N(c2c(C)cccc2C)CC(=O)N1c1ccc(Cl)cc1. The summed E-state index contributed by atoms with van der Waals surface area (Å²) < 4.78 is 0. The van der Waals surface area contributed by atoms with E-state index in [-0.39, 0.29) is 18.4 Å². The predicted molar refractivity (Wildman–Crippen MR) is 131 cm³/mol. The Bertz CT molecular complexity index is 1170. The zero-order valence-electron chi connectivity index (χ0n) is 18.4. The molecule has 4 rings (SSSR count). The molecule has 0 bridgehead atoms. The number of amides is 2. The van der Waals surface area contributed by atoms with Gasteiger partial charge >= 0.3 is 0 Å². The van der Waals surface area contributed by atoms with Gasteiger partial charge in [-0.25, -0.2) is 0 Å². The number of rotatable bonds is 4. The van der Waals surface area contributed by atoms with E-state index in [9.17, 15) is 9.59 Å². The maximum absolute atomic E-state index is 13.9. The molecular weight excluding hydrogens is 420 g/mol. The average molecular weight is 445 g/mol. The van der Waals surface area contributed by atoms with Crippen molar-refractivity contribution < 1.29 is 9.59 Å². The molecule has 1 unspecified atom stereocenters. The summed E-state index contributed by atoms with van der Waals surface area (Å²) in [6.07, 6.45) is 1.97. The van der Waals surface area contributed by atoms with Crippen LogP contribution in [0, 0.1) is 13.8 Å². The lowest BCUT2D eigenvalue weighted by atomic mass is 9.97. The molecule has 0 saturated carbocycles. The summed E-state index contributed by atoms with van der Waals surface area (Å²) >= 11 is 6.07. The predicted octanol–water partition coefficient (Wildman–Crippen LogP) is 5.81. The van der Waals surface area contributed by atoms with Crippen LogP contribution in [-0.4, -0.2) is 24.4 Å². The highest BCUT2D eigenvalue weighted by Crippen LogP contribution is 2.33. The van der Waals surface area contributed by atoms with Crippen molar-refractivity contribution >= 4 is 40.9 Å². The Kier molecular flexibility index (Phi) is 6.15. The van der Waals surface area contributed by atoms with Crippen LogP contribution in [0.4, 0.5) is 11.4 Å². The van der Waals surface area contributed by atoms with Crippen LogP contribution in [-0.2, 0) is 9.59 Å². The number of anilines is 2. The molecule has 1 saturated heterocycles. The Morgan fingerprint density at radius 3 is 2.16 bits per heavy atom. The van der Waals surface area contributed by atoms with Crippen molar-refractivity contribution in [3.05, 3.63) is 100 Å². The van der Waals surface area contributed by atoms with Crippen molar-refractivity contribution in [2.24, 2.45) is 0 Å². The second-order valence-corrected chi connectivity index (χ2v) is 8.54. The highest BCUT2D eigenvalue weighted by molar-refractivity contribution is 6.30. The first kappa shape index (κ1) is 21.8. The van der Waals surface area contributed by atoms with Gasteiger partial charge in [0.05, 0.1) is 5.69 Å².